The maximum Gasteiger partial charge on any atom is 0.253 e. The molecule has 2 rings (SSSR count). The second-order valence-electron chi connectivity index (χ2n) is 5.59. The summed E-state index contributed by atoms with van der Waals surface area (Å²) in [4.78, 5) is 16.4. The third-order valence-corrected chi connectivity index (χ3v) is 3.84. The number of hydrogen-bond donors (Lipinski definition) is 2. The van der Waals surface area contributed by atoms with Gasteiger partial charge < -0.3 is 11.1 Å². The minimum absolute atomic E-state index is 0.0239. The maximum atomic E-state index is 12.1. The van der Waals surface area contributed by atoms with Crippen molar-refractivity contribution in [3.8, 4) is 0 Å². The van der Waals surface area contributed by atoms with Crippen LogP contribution in [0.25, 0.3) is 0 Å². The van der Waals surface area contributed by atoms with Crippen LogP contribution in [-0.2, 0) is 0 Å². The van der Waals surface area contributed by atoms with Crippen molar-refractivity contribution in [2.24, 2.45) is 11.7 Å². The summed E-state index contributed by atoms with van der Waals surface area (Å²) >= 11 is 0. The molecule has 0 saturated heterocycles. The molecular weight excluding hydrogens is 238 g/mol. The minimum Gasteiger partial charge on any atom is -0.352 e. The van der Waals surface area contributed by atoms with Crippen LogP contribution in [0.1, 0.15) is 47.4 Å². The third kappa shape index (κ3) is 3.77. The molecule has 0 bridgehead atoms. The average molecular weight is 261 g/mol. The van der Waals surface area contributed by atoms with Crippen molar-refractivity contribution in [2.75, 3.05) is 6.54 Å². The van der Waals surface area contributed by atoms with E-state index in [9.17, 15) is 4.79 Å². The Balaban J connectivity index is 1.90. The Morgan fingerprint density at radius 2 is 2.21 bits per heavy atom. The van der Waals surface area contributed by atoms with E-state index >= 15 is 0 Å². The Kier molecular flexibility index (Phi) is 4.53. The number of carbonyl (C=O) groups excluding carboxylic acids is 1. The van der Waals surface area contributed by atoms with Crippen molar-refractivity contribution in [3.05, 3.63) is 29.1 Å². The van der Waals surface area contributed by atoms with Crippen LogP contribution in [0.4, 0.5) is 0 Å². The summed E-state index contributed by atoms with van der Waals surface area (Å²) < 4.78 is 0. The molecule has 104 valence electrons. The molecule has 1 saturated carbocycles. The van der Waals surface area contributed by atoms with E-state index in [0.717, 1.165) is 30.8 Å². The SMILES string of the molecule is Cc1ccc(C(=O)NCC2CCCC(N)C2)c(C)n1. The van der Waals surface area contributed by atoms with Gasteiger partial charge in [0.25, 0.3) is 5.91 Å². The first-order valence-corrected chi connectivity index (χ1v) is 7.04. The summed E-state index contributed by atoms with van der Waals surface area (Å²) in [6.45, 7) is 4.52. The molecule has 0 radical (unpaired) electrons. The number of carbonyl (C=O) groups is 1. The number of nitrogens with zero attached hydrogens (tertiary/aromatic N) is 1. The molecule has 2 atom stereocenters. The lowest BCUT2D eigenvalue weighted by molar-refractivity contribution is 0.0941. The molecule has 1 aromatic rings. The average Bonchev–Trinajstić information content (AvgIpc) is 2.36. The van der Waals surface area contributed by atoms with E-state index in [-0.39, 0.29) is 5.91 Å². The van der Waals surface area contributed by atoms with Crippen molar-refractivity contribution in [3.63, 3.8) is 0 Å². The molecule has 1 heterocycles. The van der Waals surface area contributed by atoms with E-state index < -0.39 is 0 Å². The second-order valence-corrected chi connectivity index (χ2v) is 5.59. The van der Waals surface area contributed by atoms with Crippen LogP contribution in [-0.4, -0.2) is 23.5 Å². The Bertz CT molecular complexity index is 459. The lowest BCUT2D eigenvalue weighted by Crippen LogP contribution is -2.35. The van der Waals surface area contributed by atoms with Crippen LogP contribution < -0.4 is 11.1 Å². The fourth-order valence-electron chi connectivity index (χ4n) is 2.78. The van der Waals surface area contributed by atoms with Crippen LogP contribution >= 0.6 is 0 Å². The van der Waals surface area contributed by atoms with E-state index in [0.29, 0.717) is 17.5 Å². The largest absolute Gasteiger partial charge is 0.352 e. The number of aryl methyl sites for hydroxylation is 2. The highest BCUT2D eigenvalue weighted by molar-refractivity contribution is 5.95. The van der Waals surface area contributed by atoms with Gasteiger partial charge in [0.15, 0.2) is 0 Å². The van der Waals surface area contributed by atoms with Crippen molar-refractivity contribution in [1.82, 2.24) is 10.3 Å². The fraction of sp³-hybridized carbons (Fsp3) is 0.600. The van der Waals surface area contributed by atoms with E-state index in [1.807, 2.05) is 26.0 Å². The van der Waals surface area contributed by atoms with Gasteiger partial charge in [-0.2, -0.15) is 0 Å². The van der Waals surface area contributed by atoms with Gasteiger partial charge in [0.2, 0.25) is 0 Å². The van der Waals surface area contributed by atoms with Crippen LogP contribution in [0.5, 0.6) is 0 Å². The molecular formula is C15H23N3O. The lowest BCUT2D eigenvalue weighted by atomic mass is 9.86. The van der Waals surface area contributed by atoms with Crippen LogP contribution in [0.15, 0.2) is 12.1 Å². The molecule has 1 aromatic heterocycles. The predicted molar refractivity (Wildman–Crippen MR) is 76.0 cm³/mol. The zero-order chi connectivity index (χ0) is 13.8. The van der Waals surface area contributed by atoms with Crippen molar-refractivity contribution < 1.29 is 4.79 Å². The Labute approximate surface area is 114 Å². The number of nitrogens with one attached hydrogen (secondary N) is 1. The zero-order valence-corrected chi connectivity index (χ0v) is 11.8. The van der Waals surface area contributed by atoms with Gasteiger partial charge in [-0.05, 0) is 51.2 Å². The molecule has 1 aliphatic carbocycles. The summed E-state index contributed by atoms with van der Waals surface area (Å²) in [6, 6.07) is 4.02. The van der Waals surface area contributed by atoms with Gasteiger partial charge in [-0.3, -0.25) is 9.78 Å². The van der Waals surface area contributed by atoms with Gasteiger partial charge in [0, 0.05) is 18.3 Å². The number of rotatable bonds is 3. The standard InChI is InChI=1S/C15H23N3O/c1-10-6-7-14(11(2)18-10)15(19)17-9-12-4-3-5-13(16)8-12/h6-7,12-13H,3-5,8-9,16H2,1-2H3,(H,17,19). The predicted octanol–water partition coefficient (Wildman–Crippen LogP) is 1.95. The van der Waals surface area contributed by atoms with Gasteiger partial charge in [0.1, 0.15) is 0 Å². The monoisotopic (exact) mass is 261 g/mol. The summed E-state index contributed by atoms with van der Waals surface area (Å²) in [6.07, 6.45) is 4.47. The van der Waals surface area contributed by atoms with Crippen molar-refractivity contribution >= 4 is 5.91 Å². The molecule has 3 N–H and O–H groups in total. The fourth-order valence-corrected chi connectivity index (χ4v) is 2.78. The normalized spacial score (nSPS) is 23.1. The summed E-state index contributed by atoms with van der Waals surface area (Å²) in [5.74, 6) is 0.496. The lowest BCUT2D eigenvalue weighted by Gasteiger charge is -2.26. The number of pyridine rings is 1. The molecule has 0 aliphatic heterocycles. The maximum absolute atomic E-state index is 12.1. The first-order chi connectivity index (χ1) is 9.06. The van der Waals surface area contributed by atoms with Crippen LogP contribution in [0.3, 0.4) is 0 Å². The molecule has 1 amide bonds. The van der Waals surface area contributed by atoms with Gasteiger partial charge in [-0.25, -0.2) is 0 Å². The van der Waals surface area contributed by atoms with E-state index in [2.05, 4.69) is 10.3 Å². The smallest absolute Gasteiger partial charge is 0.253 e. The Morgan fingerprint density at radius 3 is 2.89 bits per heavy atom. The highest BCUT2D eigenvalue weighted by Gasteiger charge is 2.20. The first kappa shape index (κ1) is 14.0. The first-order valence-electron chi connectivity index (χ1n) is 7.04. The summed E-state index contributed by atoms with van der Waals surface area (Å²) in [7, 11) is 0. The Hall–Kier alpha value is -1.42. The molecule has 19 heavy (non-hydrogen) atoms. The molecule has 2 unspecified atom stereocenters. The van der Waals surface area contributed by atoms with Gasteiger partial charge in [-0.1, -0.05) is 6.42 Å². The number of aromatic nitrogens is 1. The van der Waals surface area contributed by atoms with Crippen LogP contribution in [0, 0.1) is 19.8 Å². The third-order valence-electron chi connectivity index (χ3n) is 3.84. The van der Waals surface area contributed by atoms with Gasteiger partial charge in [-0.15, -0.1) is 0 Å². The Morgan fingerprint density at radius 1 is 1.42 bits per heavy atom. The molecule has 4 nitrogen and oxygen atoms in total. The molecule has 1 fully saturated rings. The summed E-state index contributed by atoms with van der Waals surface area (Å²) in [5.41, 5.74) is 8.36. The molecule has 4 heteroatoms. The zero-order valence-electron chi connectivity index (χ0n) is 11.8. The topological polar surface area (TPSA) is 68.0 Å². The highest BCUT2D eigenvalue weighted by Crippen LogP contribution is 2.22. The molecule has 0 spiro atoms. The highest BCUT2D eigenvalue weighted by atomic mass is 16.1. The number of nitrogens with two attached hydrogens (primary N) is 1. The molecule has 1 aliphatic rings. The number of hydrogen-bond acceptors (Lipinski definition) is 3. The second kappa shape index (κ2) is 6.15. The van der Waals surface area contributed by atoms with Crippen LogP contribution in [0.2, 0.25) is 0 Å². The van der Waals surface area contributed by atoms with E-state index in [1.54, 1.807) is 0 Å². The molecule has 0 aromatic carbocycles. The minimum atomic E-state index is -0.0239. The van der Waals surface area contributed by atoms with Crippen molar-refractivity contribution in [1.29, 1.82) is 0 Å². The van der Waals surface area contributed by atoms with Crippen molar-refractivity contribution in [2.45, 2.75) is 45.6 Å². The van der Waals surface area contributed by atoms with Gasteiger partial charge in [0.05, 0.1) is 11.3 Å². The number of amides is 1. The van der Waals surface area contributed by atoms with E-state index in [1.165, 1.54) is 12.8 Å². The summed E-state index contributed by atoms with van der Waals surface area (Å²) in [5, 5.41) is 3.02. The van der Waals surface area contributed by atoms with Gasteiger partial charge >= 0.3 is 0 Å². The quantitative estimate of drug-likeness (QED) is 0.873. The van der Waals surface area contributed by atoms with E-state index in [4.69, 9.17) is 5.73 Å².